The van der Waals surface area contributed by atoms with E-state index in [1.807, 2.05) is 30.3 Å². The van der Waals surface area contributed by atoms with Crippen LogP contribution in [0.3, 0.4) is 0 Å². The van der Waals surface area contributed by atoms with Gasteiger partial charge < -0.3 is 15.2 Å². The minimum Gasteiger partial charge on any atom is -0.508 e. The number of hydrogen-bond donors (Lipinski definition) is 2. The number of nitrogens with one attached hydrogen (secondary N) is 1. The Morgan fingerprint density at radius 2 is 1.93 bits per heavy atom. The molecule has 2 aliphatic rings. The van der Waals surface area contributed by atoms with Crippen molar-refractivity contribution in [3.63, 3.8) is 0 Å². The van der Waals surface area contributed by atoms with Crippen molar-refractivity contribution in [1.29, 1.82) is 0 Å². The molecule has 0 radical (unpaired) electrons. The summed E-state index contributed by atoms with van der Waals surface area (Å²) >= 11 is 0. The second kappa shape index (κ2) is 7.14. The number of hydrogen-bond acceptors (Lipinski definition) is 3. The molecule has 3 aromatic carbocycles. The van der Waals surface area contributed by atoms with Crippen molar-refractivity contribution in [1.82, 2.24) is 0 Å². The smallest absolute Gasteiger partial charge is 0.142 e. The first-order valence-corrected chi connectivity index (χ1v) is 10.5. The third kappa shape index (κ3) is 3.05. The number of fused-ring (bicyclic) bond motifs is 4. The molecule has 1 aliphatic heterocycles. The van der Waals surface area contributed by atoms with E-state index in [1.54, 1.807) is 0 Å². The predicted molar refractivity (Wildman–Crippen MR) is 119 cm³/mol. The number of ether oxygens (including phenoxy) is 1. The first-order chi connectivity index (χ1) is 14.1. The van der Waals surface area contributed by atoms with E-state index in [-0.39, 0.29) is 6.04 Å². The molecule has 5 rings (SSSR count). The number of para-hydroxylation sites is 1. The second-order valence-corrected chi connectivity index (χ2v) is 8.62. The topological polar surface area (TPSA) is 41.5 Å². The van der Waals surface area contributed by atoms with Crippen LogP contribution in [0.25, 0.3) is 10.8 Å². The fraction of sp³-hybridized carbons (Fsp3) is 0.308. The van der Waals surface area contributed by atoms with Crippen LogP contribution in [0.1, 0.15) is 43.4 Å². The maximum absolute atomic E-state index is 10.9. The number of benzene rings is 3. The quantitative estimate of drug-likeness (QED) is 0.510. The Labute approximate surface area is 172 Å². The summed E-state index contributed by atoms with van der Waals surface area (Å²) in [5.74, 6) is 2.43. The summed E-state index contributed by atoms with van der Waals surface area (Å²) in [4.78, 5) is 0. The van der Waals surface area contributed by atoms with Crippen LogP contribution in [-0.2, 0) is 0 Å². The lowest BCUT2D eigenvalue weighted by Crippen LogP contribution is -2.29. The maximum atomic E-state index is 10.9. The average molecular weight is 386 g/mol. The van der Waals surface area contributed by atoms with Crippen LogP contribution in [0.2, 0.25) is 0 Å². The molecule has 3 unspecified atom stereocenters. The van der Waals surface area contributed by atoms with Gasteiger partial charge in [-0.05, 0) is 46.7 Å². The fourth-order valence-electron chi connectivity index (χ4n) is 4.87. The van der Waals surface area contributed by atoms with Crippen molar-refractivity contribution in [2.45, 2.75) is 32.2 Å². The monoisotopic (exact) mass is 385 g/mol. The Hall–Kier alpha value is -2.94. The molecule has 0 saturated carbocycles. The number of rotatable bonds is 4. The van der Waals surface area contributed by atoms with E-state index in [0.717, 1.165) is 34.2 Å². The van der Waals surface area contributed by atoms with E-state index < -0.39 is 0 Å². The summed E-state index contributed by atoms with van der Waals surface area (Å²) in [7, 11) is 0. The summed E-state index contributed by atoms with van der Waals surface area (Å²) in [6.07, 6.45) is 5.61. The minimum absolute atomic E-state index is 0.0254. The molecule has 3 aromatic rings. The van der Waals surface area contributed by atoms with E-state index in [1.165, 1.54) is 5.56 Å². The molecule has 0 spiro atoms. The van der Waals surface area contributed by atoms with Gasteiger partial charge in [-0.2, -0.15) is 0 Å². The molecule has 148 valence electrons. The Morgan fingerprint density at radius 1 is 1.07 bits per heavy atom. The second-order valence-electron chi connectivity index (χ2n) is 8.62. The molecule has 0 amide bonds. The maximum Gasteiger partial charge on any atom is 0.142 e. The molecular weight excluding hydrogens is 358 g/mol. The lowest BCUT2D eigenvalue weighted by Gasteiger charge is -2.39. The standard InChI is InChI=1S/C26H27NO2/c1-16(2)15-29-23-12-6-11-20-19-9-5-10-21(19)26(27-25(20)23)24-18-8-4-3-7-17(18)13-14-22(24)28/h3-9,11-14,16,19,21,26-28H,10,15H2,1-2H3. The van der Waals surface area contributed by atoms with Gasteiger partial charge in [-0.1, -0.05) is 68.5 Å². The summed E-state index contributed by atoms with van der Waals surface area (Å²) in [5, 5.41) is 16.9. The number of anilines is 1. The SMILES string of the molecule is CC(C)COc1cccc2c1NC(c1c(O)ccc3ccccc13)C1CC=CC21. The van der Waals surface area contributed by atoms with Crippen molar-refractivity contribution < 1.29 is 9.84 Å². The van der Waals surface area contributed by atoms with Crippen LogP contribution in [0.4, 0.5) is 5.69 Å². The number of aromatic hydroxyl groups is 1. The van der Waals surface area contributed by atoms with Gasteiger partial charge in [0.2, 0.25) is 0 Å². The van der Waals surface area contributed by atoms with Crippen LogP contribution in [0.5, 0.6) is 11.5 Å². The van der Waals surface area contributed by atoms with Crippen molar-refractivity contribution in [2.75, 3.05) is 11.9 Å². The van der Waals surface area contributed by atoms with Crippen molar-refractivity contribution in [2.24, 2.45) is 11.8 Å². The molecule has 0 aromatic heterocycles. The van der Waals surface area contributed by atoms with Crippen LogP contribution in [0.15, 0.2) is 66.7 Å². The molecule has 3 heteroatoms. The van der Waals surface area contributed by atoms with Gasteiger partial charge in [0.05, 0.1) is 18.3 Å². The summed E-state index contributed by atoms with van der Waals surface area (Å²) < 4.78 is 6.17. The van der Waals surface area contributed by atoms with Gasteiger partial charge in [-0.15, -0.1) is 0 Å². The molecule has 3 nitrogen and oxygen atoms in total. The van der Waals surface area contributed by atoms with E-state index >= 15 is 0 Å². The van der Waals surface area contributed by atoms with Gasteiger partial charge >= 0.3 is 0 Å². The highest BCUT2D eigenvalue weighted by Crippen LogP contribution is 2.54. The largest absolute Gasteiger partial charge is 0.508 e. The van der Waals surface area contributed by atoms with Gasteiger partial charge in [-0.25, -0.2) is 0 Å². The molecule has 0 bridgehead atoms. The molecule has 2 N–H and O–H groups in total. The zero-order valence-corrected chi connectivity index (χ0v) is 16.9. The zero-order chi connectivity index (χ0) is 20.0. The van der Waals surface area contributed by atoms with Crippen LogP contribution >= 0.6 is 0 Å². The summed E-state index contributed by atoms with van der Waals surface area (Å²) in [6.45, 7) is 5.01. The van der Waals surface area contributed by atoms with E-state index in [9.17, 15) is 5.11 Å². The Bertz CT molecular complexity index is 1090. The van der Waals surface area contributed by atoms with E-state index in [2.05, 4.69) is 55.6 Å². The molecular formula is C26H27NO2. The van der Waals surface area contributed by atoms with Crippen molar-refractivity contribution in [3.8, 4) is 11.5 Å². The van der Waals surface area contributed by atoms with Gasteiger partial charge in [0.25, 0.3) is 0 Å². The number of phenolic OH excluding ortho intramolecular Hbond substituents is 1. The minimum atomic E-state index is 0.0254. The predicted octanol–water partition coefficient (Wildman–Crippen LogP) is 6.41. The number of allylic oxidation sites excluding steroid dienone is 2. The van der Waals surface area contributed by atoms with Gasteiger partial charge in [0.15, 0.2) is 0 Å². The van der Waals surface area contributed by atoms with Gasteiger partial charge in [0, 0.05) is 11.5 Å². The first-order valence-electron chi connectivity index (χ1n) is 10.5. The lowest BCUT2D eigenvalue weighted by atomic mass is 9.76. The van der Waals surface area contributed by atoms with Crippen molar-refractivity contribution >= 4 is 16.5 Å². The molecule has 0 fully saturated rings. The normalized spacial score (nSPS) is 22.4. The first kappa shape index (κ1) is 18.1. The van der Waals surface area contributed by atoms with Crippen LogP contribution < -0.4 is 10.1 Å². The lowest BCUT2D eigenvalue weighted by molar-refractivity contribution is 0.270. The van der Waals surface area contributed by atoms with Gasteiger partial charge in [0.1, 0.15) is 11.5 Å². The van der Waals surface area contributed by atoms with E-state index in [0.29, 0.717) is 30.1 Å². The Balaban J connectivity index is 1.64. The Morgan fingerprint density at radius 3 is 2.79 bits per heavy atom. The average Bonchev–Trinajstić information content (AvgIpc) is 3.22. The molecule has 29 heavy (non-hydrogen) atoms. The number of phenols is 1. The molecule has 1 heterocycles. The van der Waals surface area contributed by atoms with Gasteiger partial charge in [-0.3, -0.25) is 0 Å². The summed E-state index contributed by atoms with van der Waals surface area (Å²) in [6, 6.07) is 18.5. The third-order valence-electron chi connectivity index (χ3n) is 6.19. The Kier molecular flexibility index (Phi) is 4.46. The molecule has 0 saturated heterocycles. The molecule has 1 aliphatic carbocycles. The van der Waals surface area contributed by atoms with E-state index in [4.69, 9.17) is 4.74 Å². The highest BCUT2D eigenvalue weighted by Gasteiger charge is 2.40. The highest BCUT2D eigenvalue weighted by molar-refractivity contribution is 5.89. The zero-order valence-electron chi connectivity index (χ0n) is 16.9. The summed E-state index contributed by atoms with van der Waals surface area (Å²) in [5.41, 5.74) is 3.35. The van der Waals surface area contributed by atoms with Crippen molar-refractivity contribution in [3.05, 3.63) is 77.9 Å². The molecule has 3 atom stereocenters. The highest BCUT2D eigenvalue weighted by atomic mass is 16.5. The van der Waals surface area contributed by atoms with Crippen LogP contribution in [-0.4, -0.2) is 11.7 Å². The fourth-order valence-corrected chi connectivity index (χ4v) is 4.87. The van der Waals surface area contributed by atoms with Crippen LogP contribution in [0, 0.1) is 11.8 Å². The third-order valence-corrected chi connectivity index (χ3v) is 6.19.